The Labute approximate surface area is 247 Å². The van der Waals surface area contributed by atoms with Crippen molar-refractivity contribution in [2.24, 2.45) is 23.2 Å². The van der Waals surface area contributed by atoms with Crippen molar-refractivity contribution in [3.05, 3.63) is 35.8 Å². The van der Waals surface area contributed by atoms with E-state index in [1.54, 1.807) is 6.07 Å². The number of nitrogens with one attached hydrogen (secondary N) is 3. The number of benzene rings is 1. The number of amides is 3. The van der Waals surface area contributed by atoms with E-state index in [9.17, 15) is 36.9 Å². The predicted molar refractivity (Wildman–Crippen MR) is 132 cm³/mol. The number of aromatic nitrogens is 1. The Hall–Kier alpha value is -2.03. The molecule has 3 amide bonds. The van der Waals surface area contributed by atoms with Crippen LogP contribution in [-0.2, 0) is 19.7 Å². The summed E-state index contributed by atoms with van der Waals surface area (Å²) in [6, 6.07) is 2.58. The largest absolute Gasteiger partial charge is 1.00 e. The Morgan fingerprint density at radius 3 is 2.49 bits per heavy atom. The van der Waals surface area contributed by atoms with Gasteiger partial charge in [0.2, 0.25) is 11.8 Å². The van der Waals surface area contributed by atoms with Crippen molar-refractivity contribution in [3.63, 3.8) is 0 Å². The van der Waals surface area contributed by atoms with Crippen LogP contribution in [-0.4, -0.2) is 75.8 Å². The second-order valence-electron chi connectivity index (χ2n) is 11.2. The summed E-state index contributed by atoms with van der Waals surface area (Å²) in [7, 11) is -5.06. The average molecular weight is 573 g/mol. The number of carbonyl (C=O) groups is 3. The number of hydrogen-bond acceptors (Lipinski definition) is 7. The molecule has 2 aliphatic carbocycles. The van der Waals surface area contributed by atoms with Crippen LogP contribution in [0.3, 0.4) is 0 Å². The Kier molecular flexibility index (Phi) is 8.00. The molecule has 0 spiro atoms. The molecule has 1 unspecified atom stereocenters. The molecule has 1 aromatic heterocycles. The summed E-state index contributed by atoms with van der Waals surface area (Å²) in [5, 5.41) is 15.2. The van der Waals surface area contributed by atoms with Crippen LogP contribution in [0.1, 0.15) is 44.1 Å². The average Bonchev–Trinajstić information content (AvgIpc) is 3.61. The van der Waals surface area contributed by atoms with Gasteiger partial charge in [-0.15, -0.1) is 0 Å². The predicted octanol–water partition coefficient (Wildman–Crippen LogP) is -2.33. The number of carbonyl (C=O) groups excluding carboxylic acids is 3. The number of likely N-dealkylation sites (tertiary alicyclic amines) is 1. The Morgan fingerprint density at radius 1 is 1.23 bits per heavy atom. The molecule has 3 fully saturated rings. The van der Waals surface area contributed by atoms with Crippen LogP contribution in [0.15, 0.2) is 24.3 Å². The van der Waals surface area contributed by atoms with E-state index in [2.05, 4.69) is 15.6 Å². The van der Waals surface area contributed by atoms with Gasteiger partial charge in [0.15, 0.2) is 5.44 Å². The standard InChI is InChI=1S/C25H31FN4O7S.Na/c1-11(24(34)38(35,36)37)27-22(32)20-18-14(25(18,2)3)10-30(20)23(33)19(12-7-8-12)29-21(31)17-9-13-15(26)5-4-6-16(13)28-17;/h4-6,9,11-12,14,18-20,24,28,34H,7-8,10H2,1-3H3,(H,27,32)(H,29,31)(H,35,36,37);/q;+1/p-1/t11-,14-,18-,19-,20-,24?;/m0./s1. The first-order valence-electron chi connectivity index (χ1n) is 12.5. The fraction of sp³-hybridized carbons (Fsp3) is 0.560. The molecular weight excluding hydrogens is 542 g/mol. The van der Waals surface area contributed by atoms with Crippen molar-refractivity contribution in [2.75, 3.05) is 6.54 Å². The van der Waals surface area contributed by atoms with Crippen LogP contribution in [0.5, 0.6) is 0 Å². The molecule has 0 bridgehead atoms. The first kappa shape index (κ1) is 29.9. The number of rotatable bonds is 8. The van der Waals surface area contributed by atoms with E-state index in [0.29, 0.717) is 18.4 Å². The number of fused-ring (bicyclic) bond motifs is 2. The quantitative estimate of drug-likeness (QED) is 0.203. The minimum atomic E-state index is -5.06. The zero-order valence-corrected chi connectivity index (χ0v) is 24.9. The summed E-state index contributed by atoms with van der Waals surface area (Å²) in [4.78, 5) is 44.4. The van der Waals surface area contributed by atoms with Gasteiger partial charge in [0.05, 0.1) is 6.04 Å². The first-order chi connectivity index (χ1) is 17.7. The van der Waals surface area contributed by atoms with Gasteiger partial charge < -0.3 is 30.2 Å². The molecular formula is C25H30FN4NaO7S. The van der Waals surface area contributed by atoms with Gasteiger partial charge in [-0.2, -0.15) is 0 Å². The van der Waals surface area contributed by atoms with E-state index in [1.165, 1.54) is 30.0 Å². The molecule has 14 heteroatoms. The van der Waals surface area contributed by atoms with Gasteiger partial charge >= 0.3 is 29.6 Å². The number of aromatic amines is 1. The minimum Gasteiger partial charge on any atom is -0.746 e. The number of nitrogens with zero attached hydrogens (tertiary/aromatic N) is 1. The Bertz CT molecular complexity index is 1430. The molecule has 1 saturated heterocycles. The van der Waals surface area contributed by atoms with Crippen LogP contribution in [0.4, 0.5) is 4.39 Å². The number of halogens is 1. The van der Waals surface area contributed by atoms with Gasteiger partial charge in [0.1, 0.15) is 33.7 Å². The maximum atomic E-state index is 14.1. The van der Waals surface area contributed by atoms with Crippen molar-refractivity contribution >= 4 is 38.7 Å². The molecule has 2 heterocycles. The van der Waals surface area contributed by atoms with Crippen molar-refractivity contribution in [1.29, 1.82) is 0 Å². The fourth-order valence-electron chi connectivity index (χ4n) is 5.89. The van der Waals surface area contributed by atoms with Crippen molar-refractivity contribution in [3.8, 4) is 0 Å². The normalized spacial score (nSPS) is 25.7. The summed E-state index contributed by atoms with van der Waals surface area (Å²) in [6.07, 6.45) is 1.43. The third-order valence-electron chi connectivity index (χ3n) is 8.36. The third kappa shape index (κ3) is 5.49. The molecule has 2 saturated carbocycles. The summed E-state index contributed by atoms with van der Waals surface area (Å²) < 4.78 is 47.7. The SMILES string of the molecule is C[C@H](NC(=O)[C@@H]1[C@@H]2[C@H](CN1C(=O)[C@@H](NC(=O)c1cc3c(F)cccc3[nH]1)C1CC1)C2(C)C)C(O)S(=O)(=O)[O-].[Na+]. The number of piperidine rings is 1. The molecule has 1 aliphatic heterocycles. The Balaban J connectivity index is 0.00000353. The van der Waals surface area contributed by atoms with Crippen molar-refractivity contribution < 1.29 is 66.4 Å². The minimum absolute atomic E-state index is 0. The van der Waals surface area contributed by atoms with Crippen LogP contribution >= 0.6 is 0 Å². The number of aliphatic hydroxyl groups excluding tert-OH is 1. The van der Waals surface area contributed by atoms with Gasteiger partial charge in [-0.3, -0.25) is 14.4 Å². The monoisotopic (exact) mass is 572 g/mol. The first-order valence-corrected chi connectivity index (χ1v) is 14.0. The molecule has 0 radical (unpaired) electrons. The van der Waals surface area contributed by atoms with Crippen molar-refractivity contribution in [2.45, 2.75) is 57.2 Å². The second-order valence-corrected chi connectivity index (χ2v) is 12.7. The van der Waals surface area contributed by atoms with Crippen LogP contribution < -0.4 is 40.2 Å². The Morgan fingerprint density at radius 2 is 1.90 bits per heavy atom. The van der Waals surface area contributed by atoms with E-state index in [4.69, 9.17) is 0 Å². The molecule has 39 heavy (non-hydrogen) atoms. The van der Waals surface area contributed by atoms with Gasteiger partial charge in [-0.05, 0) is 61.1 Å². The number of hydrogen-bond donors (Lipinski definition) is 4. The van der Waals surface area contributed by atoms with E-state index < -0.39 is 57.2 Å². The smallest absolute Gasteiger partial charge is 0.746 e. The molecule has 206 valence electrons. The van der Waals surface area contributed by atoms with Crippen LogP contribution in [0, 0.1) is 29.0 Å². The van der Waals surface area contributed by atoms with Gasteiger partial charge in [-0.1, -0.05) is 19.9 Å². The number of H-pyrrole nitrogens is 1. The van der Waals surface area contributed by atoms with E-state index in [0.717, 1.165) is 0 Å². The van der Waals surface area contributed by atoms with E-state index >= 15 is 0 Å². The topological polar surface area (TPSA) is 172 Å². The van der Waals surface area contributed by atoms with E-state index in [1.807, 2.05) is 13.8 Å². The van der Waals surface area contributed by atoms with Crippen LogP contribution in [0.25, 0.3) is 10.9 Å². The van der Waals surface area contributed by atoms with Gasteiger partial charge in [0, 0.05) is 17.4 Å². The maximum Gasteiger partial charge on any atom is 1.00 e. The number of aliphatic hydroxyl groups is 1. The third-order valence-corrected chi connectivity index (χ3v) is 9.36. The van der Waals surface area contributed by atoms with E-state index in [-0.39, 0.29) is 70.4 Å². The molecule has 3 aliphatic rings. The van der Waals surface area contributed by atoms with Gasteiger partial charge in [0.25, 0.3) is 5.91 Å². The molecule has 1 aromatic carbocycles. The molecule has 2 aromatic rings. The summed E-state index contributed by atoms with van der Waals surface area (Å²) >= 11 is 0. The van der Waals surface area contributed by atoms with Gasteiger partial charge in [-0.25, -0.2) is 12.8 Å². The maximum absolute atomic E-state index is 14.1. The summed E-state index contributed by atoms with van der Waals surface area (Å²) in [5.41, 5.74) is -2.03. The molecule has 5 rings (SSSR count). The molecule has 6 atom stereocenters. The zero-order valence-electron chi connectivity index (χ0n) is 22.1. The second kappa shape index (κ2) is 10.4. The van der Waals surface area contributed by atoms with Crippen LogP contribution in [0.2, 0.25) is 0 Å². The molecule has 11 nitrogen and oxygen atoms in total. The zero-order chi connectivity index (χ0) is 27.7. The fourth-order valence-corrected chi connectivity index (χ4v) is 6.46. The summed E-state index contributed by atoms with van der Waals surface area (Å²) in [5.74, 6) is -2.45. The summed E-state index contributed by atoms with van der Waals surface area (Å²) in [6.45, 7) is 5.42. The molecule has 4 N–H and O–H groups in total. The van der Waals surface area contributed by atoms with Crippen molar-refractivity contribution in [1.82, 2.24) is 20.5 Å².